The average molecular weight is 524 g/mol. The van der Waals surface area contributed by atoms with Crippen LogP contribution in [0.15, 0.2) is 85.1 Å². The van der Waals surface area contributed by atoms with Gasteiger partial charge in [0.05, 0.1) is 0 Å². The van der Waals surface area contributed by atoms with E-state index in [9.17, 15) is 4.79 Å². The molecule has 4 aromatic rings. The summed E-state index contributed by atoms with van der Waals surface area (Å²) in [7, 11) is 0. The molecule has 1 heterocycles. The smallest absolute Gasteiger partial charge is 0.220 e. The fourth-order valence-corrected chi connectivity index (χ4v) is 5.60. The molecule has 0 aliphatic carbocycles. The Morgan fingerprint density at radius 1 is 0.897 bits per heavy atom. The molecule has 4 nitrogen and oxygen atoms in total. The number of aromatic nitrogens is 1. The lowest BCUT2D eigenvalue weighted by Gasteiger charge is -2.21. The van der Waals surface area contributed by atoms with Crippen LogP contribution in [0.25, 0.3) is 10.9 Å². The van der Waals surface area contributed by atoms with Gasteiger partial charge in [0.1, 0.15) is 0 Å². The minimum atomic E-state index is 0.0967. The van der Waals surface area contributed by atoms with E-state index in [0.29, 0.717) is 6.42 Å². The van der Waals surface area contributed by atoms with Crippen molar-refractivity contribution in [2.45, 2.75) is 71.9 Å². The van der Waals surface area contributed by atoms with Gasteiger partial charge in [0.15, 0.2) is 0 Å². The molecule has 39 heavy (non-hydrogen) atoms. The third kappa shape index (κ3) is 8.06. The summed E-state index contributed by atoms with van der Waals surface area (Å²) in [6.07, 6.45) is 5.71. The Morgan fingerprint density at radius 3 is 2.31 bits per heavy atom. The van der Waals surface area contributed by atoms with Crippen LogP contribution in [0.2, 0.25) is 0 Å². The molecule has 1 amide bonds. The van der Waals surface area contributed by atoms with Gasteiger partial charge in [0.25, 0.3) is 0 Å². The van der Waals surface area contributed by atoms with E-state index >= 15 is 0 Å². The molecule has 0 saturated carbocycles. The number of nitrogens with zero attached hydrogens (tertiary/aromatic N) is 2. The van der Waals surface area contributed by atoms with Crippen LogP contribution in [-0.2, 0) is 17.8 Å². The molecule has 0 aliphatic rings. The molecule has 0 saturated heterocycles. The largest absolute Gasteiger partial charge is 0.354 e. The molecular weight excluding hydrogens is 478 g/mol. The number of fused-ring (bicyclic) bond motifs is 1. The first-order valence-corrected chi connectivity index (χ1v) is 14.7. The van der Waals surface area contributed by atoms with Crippen LogP contribution in [0, 0.1) is 6.92 Å². The van der Waals surface area contributed by atoms with Gasteiger partial charge >= 0.3 is 0 Å². The summed E-state index contributed by atoms with van der Waals surface area (Å²) in [5.74, 6) is 0.237. The van der Waals surface area contributed by atoms with Crippen molar-refractivity contribution in [1.82, 2.24) is 14.8 Å². The molecule has 0 unspecified atom stereocenters. The Kier molecular flexibility index (Phi) is 10.4. The summed E-state index contributed by atoms with van der Waals surface area (Å²) in [5.41, 5.74) is 6.29. The Bertz CT molecular complexity index is 1300. The summed E-state index contributed by atoms with van der Waals surface area (Å²) < 4.78 is 2.35. The Hall–Kier alpha value is -3.37. The molecule has 4 heteroatoms. The average Bonchev–Trinajstić information content (AvgIpc) is 3.31. The van der Waals surface area contributed by atoms with E-state index in [1.165, 1.54) is 33.2 Å². The maximum absolute atomic E-state index is 13.4. The summed E-state index contributed by atoms with van der Waals surface area (Å²) in [5, 5.41) is 4.55. The summed E-state index contributed by atoms with van der Waals surface area (Å²) in [6, 6.07) is 28.1. The molecule has 3 aromatic carbocycles. The molecular formula is C35H45N3O. The van der Waals surface area contributed by atoms with Crippen LogP contribution in [0.1, 0.15) is 68.2 Å². The minimum Gasteiger partial charge on any atom is -0.354 e. The van der Waals surface area contributed by atoms with Crippen molar-refractivity contribution < 1.29 is 4.79 Å². The summed E-state index contributed by atoms with van der Waals surface area (Å²) in [6.45, 7) is 12.7. The van der Waals surface area contributed by atoms with E-state index in [1.807, 2.05) is 0 Å². The first kappa shape index (κ1) is 28.6. The van der Waals surface area contributed by atoms with Crippen molar-refractivity contribution in [3.05, 3.63) is 107 Å². The van der Waals surface area contributed by atoms with Crippen LogP contribution in [-0.4, -0.2) is 41.1 Å². The van der Waals surface area contributed by atoms with Gasteiger partial charge in [-0.25, -0.2) is 0 Å². The number of amides is 1. The van der Waals surface area contributed by atoms with Crippen molar-refractivity contribution in [2.75, 3.05) is 19.6 Å². The van der Waals surface area contributed by atoms with E-state index < -0.39 is 0 Å². The van der Waals surface area contributed by atoms with Crippen LogP contribution in [0.4, 0.5) is 0 Å². The molecule has 4 rings (SSSR count). The molecule has 0 aliphatic heterocycles. The van der Waals surface area contributed by atoms with Crippen molar-refractivity contribution in [1.29, 1.82) is 0 Å². The van der Waals surface area contributed by atoms with Gasteiger partial charge in [0, 0.05) is 36.1 Å². The molecule has 0 bridgehead atoms. The number of hydrogen-bond donors (Lipinski definition) is 1. The first-order chi connectivity index (χ1) is 19.0. The van der Waals surface area contributed by atoms with E-state index in [0.717, 1.165) is 45.4 Å². The minimum absolute atomic E-state index is 0.0967. The Labute approximate surface area is 235 Å². The number of aryl methyl sites for hydroxylation is 1. The van der Waals surface area contributed by atoms with Crippen molar-refractivity contribution in [2.24, 2.45) is 0 Å². The van der Waals surface area contributed by atoms with Gasteiger partial charge in [0.2, 0.25) is 5.91 Å². The molecule has 1 N–H and O–H groups in total. The van der Waals surface area contributed by atoms with Crippen LogP contribution < -0.4 is 5.32 Å². The number of benzene rings is 3. The number of nitrogens with one attached hydrogen (secondary N) is 1. The SMILES string of the molecule is CCN(CC)CCC[C@H](C)NC(=O)C[C@@H](Cc1ccccc1)c1cn(Cc2ccc(C)cc2)c2ccccc12. The van der Waals surface area contributed by atoms with Gasteiger partial charge in [-0.3, -0.25) is 4.79 Å². The van der Waals surface area contributed by atoms with Gasteiger partial charge in [-0.1, -0.05) is 92.2 Å². The molecule has 206 valence electrons. The Balaban J connectivity index is 1.54. The predicted octanol–water partition coefficient (Wildman–Crippen LogP) is 7.34. The lowest BCUT2D eigenvalue weighted by molar-refractivity contribution is -0.122. The second-order valence-corrected chi connectivity index (χ2v) is 10.9. The highest BCUT2D eigenvalue weighted by molar-refractivity contribution is 5.86. The zero-order valence-electron chi connectivity index (χ0n) is 24.2. The standard InChI is InChI=1S/C35H45N3O/c1-5-37(6-2)22-12-13-28(4)36-35(39)24-31(23-29-14-8-7-9-15-29)33-26-38(34-17-11-10-16-32(33)34)25-30-20-18-27(3)19-21-30/h7-11,14-21,26,28,31H,5-6,12-13,22-25H2,1-4H3,(H,36,39)/t28-,31+/m0/s1. The molecule has 0 fully saturated rings. The third-order valence-electron chi connectivity index (χ3n) is 7.90. The normalized spacial score (nSPS) is 13.1. The van der Waals surface area contributed by atoms with Crippen molar-refractivity contribution in [3.8, 4) is 0 Å². The highest BCUT2D eigenvalue weighted by Crippen LogP contribution is 2.33. The second kappa shape index (κ2) is 14.1. The monoisotopic (exact) mass is 523 g/mol. The Morgan fingerprint density at radius 2 is 1.59 bits per heavy atom. The fraction of sp³-hybridized carbons (Fsp3) is 0.400. The molecule has 0 spiro atoms. The number of carbonyl (C=O) groups is 1. The molecule has 1 aromatic heterocycles. The van der Waals surface area contributed by atoms with E-state index in [2.05, 4.69) is 128 Å². The highest BCUT2D eigenvalue weighted by atomic mass is 16.1. The zero-order valence-corrected chi connectivity index (χ0v) is 24.2. The second-order valence-electron chi connectivity index (χ2n) is 10.9. The molecule has 2 atom stereocenters. The van der Waals surface area contributed by atoms with Crippen molar-refractivity contribution in [3.63, 3.8) is 0 Å². The summed E-state index contributed by atoms with van der Waals surface area (Å²) >= 11 is 0. The topological polar surface area (TPSA) is 37.3 Å². The van der Waals surface area contributed by atoms with Gasteiger partial charge in [-0.2, -0.15) is 0 Å². The van der Waals surface area contributed by atoms with Gasteiger partial charge in [-0.05, 0) is 81.4 Å². The van der Waals surface area contributed by atoms with Crippen LogP contribution >= 0.6 is 0 Å². The summed E-state index contributed by atoms with van der Waals surface area (Å²) in [4.78, 5) is 15.8. The number of para-hydroxylation sites is 1. The number of hydrogen-bond acceptors (Lipinski definition) is 2. The molecule has 0 radical (unpaired) electrons. The fourth-order valence-electron chi connectivity index (χ4n) is 5.60. The van der Waals surface area contributed by atoms with Crippen LogP contribution in [0.3, 0.4) is 0 Å². The predicted molar refractivity (Wildman–Crippen MR) is 164 cm³/mol. The maximum Gasteiger partial charge on any atom is 0.220 e. The first-order valence-electron chi connectivity index (χ1n) is 14.7. The van der Waals surface area contributed by atoms with E-state index in [1.54, 1.807) is 0 Å². The van der Waals surface area contributed by atoms with Gasteiger partial charge < -0.3 is 14.8 Å². The van der Waals surface area contributed by atoms with E-state index in [-0.39, 0.29) is 17.9 Å². The number of carbonyl (C=O) groups excluding carboxylic acids is 1. The van der Waals surface area contributed by atoms with E-state index in [4.69, 9.17) is 0 Å². The highest BCUT2D eigenvalue weighted by Gasteiger charge is 2.22. The quantitative estimate of drug-likeness (QED) is 0.188. The lowest BCUT2D eigenvalue weighted by Crippen LogP contribution is -2.34. The zero-order chi connectivity index (χ0) is 27.6. The lowest BCUT2D eigenvalue weighted by atomic mass is 9.88. The number of rotatable bonds is 14. The van der Waals surface area contributed by atoms with Crippen LogP contribution in [0.5, 0.6) is 0 Å². The third-order valence-corrected chi connectivity index (χ3v) is 7.90. The maximum atomic E-state index is 13.4. The van der Waals surface area contributed by atoms with Gasteiger partial charge in [-0.15, -0.1) is 0 Å². The van der Waals surface area contributed by atoms with Crippen molar-refractivity contribution >= 4 is 16.8 Å².